The van der Waals surface area contributed by atoms with Crippen molar-refractivity contribution in [3.05, 3.63) is 82.5 Å². The molecule has 0 fully saturated rings. The summed E-state index contributed by atoms with van der Waals surface area (Å²) in [6, 6.07) is 7.83. The summed E-state index contributed by atoms with van der Waals surface area (Å²) in [4.78, 5) is 26.2. The molecular weight excluding hydrogens is 476 g/mol. The molecule has 0 radical (unpaired) electrons. The predicted octanol–water partition coefficient (Wildman–Crippen LogP) is 8.30. The second-order valence-corrected chi connectivity index (χ2v) is 12.3. The Bertz CT molecular complexity index is 1300. The Balaban J connectivity index is 1.62. The first-order valence-electron chi connectivity index (χ1n) is 13.6. The topological polar surface area (TPSA) is 62.5 Å². The minimum absolute atomic E-state index is 0.368. The summed E-state index contributed by atoms with van der Waals surface area (Å²) < 4.78 is 14.7. The molecule has 5 rings (SSSR count). The van der Waals surface area contributed by atoms with Crippen molar-refractivity contribution < 1.29 is 19.1 Å². The smallest absolute Gasteiger partial charge is 0.418 e. The molecule has 6 nitrogen and oxygen atoms in total. The van der Waals surface area contributed by atoms with Gasteiger partial charge in [0.1, 0.15) is 11.2 Å². The molecule has 0 aliphatic heterocycles. The van der Waals surface area contributed by atoms with Gasteiger partial charge in [0.15, 0.2) is 0 Å². The number of carbonyl (C=O) groups is 2. The highest BCUT2D eigenvalue weighted by atomic mass is 16.6. The Hall–Kier alpha value is -3.54. The van der Waals surface area contributed by atoms with Gasteiger partial charge < -0.3 is 9.47 Å². The van der Waals surface area contributed by atoms with E-state index >= 15 is 0 Å². The van der Waals surface area contributed by atoms with Crippen LogP contribution in [0.25, 0.3) is 11.1 Å². The molecule has 3 aliphatic rings. The number of carbonyl (C=O) groups excluding carboxylic acids is 2. The maximum absolute atomic E-state index is 13.1. The van der Waals surface area contributed by atoms with Crippen molar-refractivity contribution in [1.82, 2.24) is 9.13 Å². The Morgan fingerprint density at radius 3 is 1.42 bits per heavy atom. The number of hydrogen-bond acceptors (Lipinski definition) is 4. The molecule has 0 bridgehead atoms. The van der Waals surface area contributed by atoms with Crippen LogP contribution in [0, 0.1) is 0 Å². The third-order valence-corrected chi connectivity index (χ3v) is 7.04. The standard InChI is InChI=1S/C32H38N2O4/c1-31(2,3)37-29(35)33-17-9-15-27(33)25-19-21-11-8-14-24(21)26(20-22-12-7-13-23(22)25)28-16-10-18-34(28)30(36)38-32(4,5)6/h9-10,15-20H,7-8,11-14H2,1-6H3/b21-19?,22-20?,25-19+,25-23?,26-20+,26-24?. The summed E-state index contributed by atoms with van der Waals surface area (Å²) in [5.41, 5.74) is 7.82. The van der Waals surface area contributed by atoms with E-state index in [1.165, 1.54) is 22.3 Å². The van der Waals surface area contributed by atoms with Gasteiger partial charge in [0.2, 0.25) is 0 Å². The van der Waals surface area contributed by atoms with E-state index in [1.54, 1.807) is 21.5 Å². The molecule has 0 saturated heterocycles. The van der Waals surface area contributed by atoms with Gasteiger partial charge in [-0.25, -0.2) is 9.59 Å². The van der Waals surface area contributed by atoms with Gasteiger partial charge in [0, 0.05) is 23.5 Å². The van der Waals surface area contributed by atoms with E-state index < -0.39 is 11.2 Å². The van der Waals surface area contributed by atoms with E-state index in [0.29, 0.717) is 0 Å². The second kappa shape index (κ2) is 9.64. The SMILES string of the molecule is CC(C)(C)OC(=O)n1cccc1/C1=C/C2=C(CCC2)C(/c2cccn2C(=O)OC(C)(C)C)=C\C2=C1CCC2. The third-order valence-electron chi connectivity index (χ3n) is 7.04. The van der Waals surface area contributed by atoms with Gasteiger partial charge in [-0.2, -0.15) is 0 Å². The van der Waals surface area contributed by atoms with E-state index in [0.717, 1.165) is 61.1 Å². The lowest BCUT2D eigenvalue weighted by Gasteiger charge is -2.23. The minimum atomic E-state index is -0.576. The van der Waals surface area contributed by atoms with Crippen molar-refractivity contribution in [3.63, 3.8) is 0 Å². The van der Waals surface area contributed by atoms with Crippen molar-refractivity contribution in [1.29, 1.82) is 0 Å². The maximum atomic E-state index is 13.1. The fourth-order valence-corrected chi connectivity index (χ4v) is 5.59. The molecule has 200 valence electrons. The molecule has 0 saturated carbocycles. The minimum Gasteiger partial charge on any atom is -0.443 e. The second-order valence-electron chi connectivity index (χ2n) is 12.3. The first-order valence-corrected chi connectivity index (χ1v) is 13.6. The third kappa shape index (κ3) is 5.22. The van der Waals surface area contributed by atoms with Crippen LogP contribution < -0.4 is 0 Å². The average molecular weight is 515 g/mol. The van der Waals surface area contributed by atoms with Crippen molar-refractivity contribution in [2.75, 3.05) is 0 Å². The number of hydrogen-bond donors (Lipinski definition) is 0. The van der Waals surface area contributed by atoms with E-state index in [4.69, 9.17) is 9.47 Å². The van der Waals surface area contributed by atoms with Crippen molar-refractivity contribution in [3.8, 4) is 0 Å². The Morgan fingerprint density at radius 2 is 1.05 bits per heavy atom. The van der Waals surface area contributed by atoms with E-state index in [1.807, 2.05) is 65.8 Å². The van der Waals surface area contributed by atoms with Gasteiger partial charge >= 0.3 is 12.2 Å². The maximum Gasteiger partial charge on any atom is 0.418 e. The van der Waals surface area contributed by atoms with E-state index in [9.17, 15) is 9.59 Å². The van der Waals surface area contributed by atoms with Crippen molar-refractivity contribution in [2.24, 2.45) is 0 Å². The lowest BCUT2D eigenvalue weighted by molar-refractivity contribution is 0.0525. The number of aromatic nitrogens is 2. The molecule has 38 heavy (non-hydrogen) atoms. The molecule has 2 heterocycles. The average Bonchev–Trinajstić information content (AvgIpc) is 3.59. The van der Waals surface area contributed by atoms with Crippen LogP contribution in [0.15, 0.2) is 71.1 Å². The molecule has 2 aromatic rings. The molecular formula is C32H38N2O4. The first-order chi connectivity index (χ1) is 17.9. The highest BCUT2D eigenvalue weighted by Gasteiger charge is 2.30. The zero-order chi connectivity index (χ0) is 27.2. The molecule has 0 amide bonds. The number of ether oxygens (including phenoxy) is 2. The summed E-state index contributed by atoms with van der Waals surface area (Å²) in [6.07, 6.45) is 13.3. The fraction of sp³-hybridized carbons (Fsp3) is 0.438. The summed E-state index contributed by atoms with van der Waals surface area (Å²) in [7, 11) is 0. The van der Waals surface area contributed by atoms with Crippen LogP contribution in [0.3, 0.4) is 0 Å². The van der Waals surface area contributed by atoms with Crippen LogP contribution in [0.2, 0.25) is 0 Å². The normalized spacial score (nSPS) is 20.7. The van der Waals surface area contributed by atoms with Crippen molar-refractivity contribution >= 4 is 23.3 Å². The summed E-state index contributed by atoms with van der Waals surface area (Å²) in [6.45, 7) is 11.3. The number of nitrogens with zero attached hydrogens (tertiary/aromatic N) is 2. The zero-order valence-corrected chi connectivity index (χ0v) is 23.4. The summed E-state index contributed by atoms with van der Waals surface area (Å²) in [5.74, 6) is 0. The Kier molecular flexibility index (Phi) is 6.62. The number of rotatable bonds is 2. The van der Waals surface area contributed by atoms with Crippen LogP contribution >= 0.6 is 0 Å². The highest BCUT2D eigenvalue weighted by Crippen LogP contribution is 2.46. The number of allylic oxidation sites excluding steroid dienone is 8. The fourth-order valence-electron chi connectivity index (χ4n) is 5.59. The lowest BCUT2D eigenvalue weighted by atomic mass is 9.88. The largest absolute Gasteiger partial charge is 0.443 e. The van der Waals surface area contributed by atoms with Gasteiger partial charge in [-0.05, 0) is 139 Å². The summed E-state index contributed by atoms with van der Waals surface area (Å²) in [5, 5.41) is 0. The molecule has 0 aromatic carbocycles. The molecule has 2 aromatic heterocycles. The van der Waals surface area contributed by atoms with Crippen LogP contribution in [0.4, 0.5) is 9.59 Å². The molecule has 0 unspecified atom stereocenters. The van der Waals surface area contributed by atoms with Crippen LogP contribution in [-0.2, 0) is 9.47 Å². The zero-order valence-electron chi connectivity index (χ0n) is 23.4. The van der Waals surface area contributed by atoms with Crippen molar-refractivity contribution in [2.45, 2.75) is 91.3 Å². The lowest BCUT2D eigenvalue weighted by Crippen LogP contribution is -2.27. The van der Waals surface area contributed by atoms with Crippen LogP contribution in [0.1, 0.15) is 91.5 Å². The predicted molar refractivity (Wildman–Crippen MR) is 150 cm³/mol. The van der Waals surface area contributed by atoms with Gasteiger partial charge in [-0.15, -0.1) is 0 Å². The Morgan fingerprint density at radius 1 is 0.658 bits per heavy atom. The molecule has 0 spiro atoms. The van der Waals surface area contributed by atoms with E-state index in [-0.39, 0.29) is 12.2 Å². The molecule has 0 N–H and O–H groups in total. The first kappa shape index (κ1) is 26.1. The van der Waals surface area contributed by atoms with E-state index in [2.05, 4.69) is 12.2 Å². The molecule has 3 aliphatic carbocycles. The monoisotopic (exact) mass is 514 g/mol. The van der Waals surface area contributed by atoms with Gasteiger partial charge in [-0.3, -0.25) is 9.13 Å². The van der Waals surface area contributed by atoms with Gasteiger partial charge in [0.05, 0.1) is 11.4 Å². The highest BCUT2D eigenvalue weighted by molar-refractivity contribution is 5.92. The Labute approximate surface area is 225 Å². The van der Waals surface area contributed by atoms with Crippen LogP contribution in [-0.4, -0.2) is 32.5 Å². The molecule has 0 atom stereocenters. The molecule has 6 heteroatoms. The quantitative estimate of drug-likeness (QED) is 0.404. The van der Waals surface area contributed by atoms with Gasteiger partial charge in [-0.1, -0.05) is 0 Å². The summed E-state index contributed by atoms with van der Waals surface area (Å²) >= 11 is 0. The van der Waals surface area contributed by atoms with Gasteiger partial charge in [0.25, 0.3) is 0 Å². The van der Waals surface area contributed by atoms with Crippen LogP contribution in [0.5, 0.6) is 0 Å².